The third-order valence-corrected chi connectivity index (χ3v) is 3.93. The minimum absolute atomic E-state index is 0.133. The van der Waals surface area contributed by atoms with E-state index in [0.29, 0.717) is 19.4 Å². The third-order valence-electron chi connectivity index (χ3n) is 3.93. The van der Waals surface area contributed by atoms with Gasteiger partial charge in [0.2, 0.25) is 35.4 Å². The van der Waals surface area contributed by atoms with Gasteiger partial charge >= 0.3 is 0 Å². The van der Waals surface area contributed by atoms with Crippen molar-refractivity contribution in [2.45, 2.75) is 44.2 Å². The fourth-order valence-corrected chi connectivity index (χ4v) is 2.39. The van der Waals surface area contributed by atoms with Crippen molar-refractivity contribution in [3.05, 3.63) is 0 Å². The number of hydrogen-bond acceptors (Lipinski definition) is 8. The fraction of sp³-hybridized carbons (Fsp3) is 0.647. The Morgan fingerprint density at radius 2 is 1.29 bits per heavy atom. The van der Waals surface area contributed by atoms with Gasteiger partial charge in [-0.05, 0) is 32.2 Å². The minimum atomic E-state index is -1.20. The van der Waals surface area contributed by atoms with E-state index in [1.165, 1.54) is 0 Å². The van der Waals surface area contributed by atoms with E-state index in [-0.39, 0.29) is 19.3 Å². The van der Waals surface area contributed by atoms with E-state index in [0.717, 1.165) is 0 Å². The van der Waals surface area contributed by atoms with Gasteiger partial charge in [0, 0.05) is 6.42 Å². The van der Waals surface area contributed by atoms with Crippen LogP contribution in [0.4, 0.5) is 0 Å². The minimum Gasteiger partial charge on any atom is -0.387 e. The average molecular weight is 445 g/mol. The Morgan fingerprint density at radius 3 is 1.81 bits per heavy atom. The van der Waals surface area contributed by atoms with E-state index in [4.69, 9.17) is 22.3 Å². The maximum Gasteiger partial charge on any atom is 0.246 e. The Hall–Kier alpha value is -3.26. The van der Waals surface area contributed by atoms with Gasteiger partial charge in [0.1, 0.15) is 18.7 Å². The molecule has 0 aliphatic rings. The summed E-state index contributed by atoms with van der Waals surface area (Å²) in [6.07, 6.45) is 1.04. The van der Waals surface area contributed by atoms with E-state index in [1.807, 2.05) is 0 Å². The van der Waals surface area contributed by atoms with Crippen LogP contribution in [-0.4, -0.2) is 78.9 Å². The lowest BCUT2D eigenvalue weighted by Gasteiger charge is -2.20. The lowest BCUT2D eigenvalue weighted by molar-refractivity contribution is -0.132. The molecule has 0 aromatic heterocycles. The number of carbonyl (C=O) groups excluding carboxylic acids is 6. The van der Waals surface area contributed by atoms with Crippen molar-refractivity contribution < 1.29 is 33.9 Å². The number of amides is 6. The highest BCUT2D eigenvalue weighted by Gasteiger charge is 2.24. The molecule has 0 fully saturated rings. The molecular formula is C17H31N7O7. The first-order valence-corrected chi connectivity index (χ1v) is 9.62. The van der Waals surface area contributed by atoms with E-state index < -0.39 is 67.2 Å². The summed E-state index contributed by atoms with van der Waals surface area (Å²) in [6, 6.07) is -2.17. The quantitative estimate of drug-likeness (QED) is 0.107. The molecular weight excluding hydrogens is 414 g/mol. The predicted molar refractivity (Wildman–Crippen MR) is 107 cm³/mol. The predicted octanol–water partition coefficient (Wildman–Crippen LogP) is -4.94. The number of carbonyl (C=O) groups is 6. The zero-order valence-corrected chi connectivity index (χ0v) is 17.1. The monoisotopic (exact) mass is 445 g/mol. The summed E-state index contributed by atoms with van der Waals surface area (Å²) in [6.45, 7) is -1.40. The van der Waals surface area contributed by atoms with Crippen LogP contribution in [0.25, 0.3) is 0 Å². The van der Waals surface area contributed by atoms with Crippen molar-refractivity contribution in [1.29, 1.82) is 0 Å². The van der Waals surface area contributed by atoms with Gasteiger partial charge in [-0.25, -0.2) is 0 Å². The Labute approximate surface area is 179 Å². The molecule has 2 unspecified atom stereocenters. The normalized spacial score (nSPS) is 12.2. The molecule has 0 spiro atoms. The van der Waals surface area contributed by atoms with Crippen molar-refractivity contribution in [2.75, 3.05) is 26.2 Å². The number of nitrogens with two attached hydrogens (primary N) is 3. The second kappa shape index (κ2) is 15.6. The molecule has 0 aliphatic carbocycles. The van der Waals surface area contributed by atoms with Gasteiger partial charge in [0.05, 0.1) is 13.1 Å². The van der Waals surface area contributed by atoms with Crippen LogP contribution in [0.5, 0.6) is 0 Å². The summed E-state index contributed by atoms with van der Waals surface area (Å²) < 4.78 is 0. The van der Waals surface area contributed by atoms with Crippen molar-refractivity contribution in [1.82, 2.24) is 21.3 Å². The highest BCUT2D eigenvalue weighted by molar-refractivity contribution is 5.93. The first-order valence-electron chi connectivity index (χ1n) is 9.62. The summed E-state index contributed by atoms with van der Waals surface area (Å²) >= 11 is 0. The molecule has 0 aliphatic heterocycles. The van der Waals surface area contributed by atoms with Crippen LogP contribution in [0.1, 0.15) is 32.1 Å². The summed E-state index contributed by atoms with van der Waals surface area (Å²) in [5.74, 6) is -4.40. The molecule has 14 nitrogen and oxygen atoms in total. The number of primary amides is 2. The molecule has 0 bridgehead atoms. The van der Waals surface area contributed by atoms with E-state index >= 15 is 0 Å². The Balaban J connectivity index is 4.85. The molecule has 14 heteroatoms. The zero-order chi connectivity index (χ0) is 23.8. The molecule has 0 rings (SSSR count). The highest BCUT2D eigenvalue weighted by atomic mass is 16.3. The lowest BCUT2D eigenvalue weighted by atomic mass is 10.1. The number of hydrogen-bond donors (Lipinski definition) is 8. The topological polar surface area (TPSA) is 249 Å². The zero-order valence-electron chi connectivity index (χ0n) is 17.1. The highest BCUT2D eigenvalue weighted by Crippen LogP contribution is 2.01. The number of unbranched alkanes of at least 4 members (excludes halogenated alkanes) is 1. The first kappa shape index (κ1) is 27.7. The second-order valence-corrected chi connectivity index (χ2v) is 6.59. The van der Waals surface area contributed by atoms with Gasteiger partial charge < -0.3 is 43.6 Å². The first-order chi connectivity index (χ1) is 14.6. The Kier molecular flexibility index (Phi) is 13.9. The maximum absolute atomic E-state index is 12.2. The van der Waals surface area contributed by atoms with Gasteiger partial charge in [0.25, 0.3) is 0 Å². The van der Waals surface area contributed by atoms with Crippen LogP contribution in [0.3, 0.4) is 0 Å². The maximum atomic E-state index is 12.2. The van der Waals surface area contributed by atoms with Gasteiger partial charge in [-0.15, -0.1) is 0 Å². The van der Waals surface area contributed by atoms with Crippen LogP contribution in [0.15, 0.2) is 0 Å². The smallest absolute Gasteiger partial charge is 0.246 e. The second-order valence-electron chi connectivity index (χ2n) is 6.59. The van der Waals surface area contributed by atoms with Crippen LogP contribution >= 0.6 is 0 Å². The van der Waals surface area contributed by atoms with E-state index in [1.54, 1.807) is 0 Å². The molecule has 31 heavy (non-hydrogen) atoms. The van der Waals surface area contributed by atoms with E-state index in [9.17, 15) is 28.8 Å². The molecule has 0 aromatic carbocycles. The van der Waals surface area contributed by atoms with Gasteiger partial charge in [0.15, 0.2) is 0 Å². The van der Waals surface area contributed by atoms with Gasteiger partial charge in [-0.1, -0.05) is 0 Å². The largest absolute Gasteiger partial charge is 0.387 e. The Morgan fingerprint density at radius 1 is 0.742 bits per heavy atom. The average Bonchev–Trinajstić information content (AvgIpc) is 2.72. The summed E-state index contributed by atoms with van der Waals surface area (Å²) in [7, 11) is 0. The van der Waals surface area contributed by atoms with E-state index in [2.05, 4.69) is 21.3 Å². The van der Waals surface area contributed by atoms with Crippen molar-refractivity contribution in [3.8, 4) is 0 Å². The molecule has 6 amide bonds. The Bertz CT molecular complexity index is 657. The van der Waals surface area contributed by atoms with Crippen molar-refractivity contribution in [3.63, 3.8) is 0 Å². The molecule has 176 valence electrons. The lowest BCUT2D eigenvalue weighted by Crippen LogP contribution is -2.53. The van der Waals surface area contributed by atoms with Crippen molar-refractivity contribution in [2.24, 2.45) is 17.2 Å². The summed E-state index contributed by atoms with van der Waals surface area (Å²) in [4.78, 5) is 69.7. The summed E-state index contributed by atoms with van der Waals surface area (Å²) in [5.41, 5.74) is 15.4. The fourth-order valence-electron chi connectivity index (χ4n) is 2.39. The number of aliphatic hydroxyl groups is 1. The SMILES string of the molecule is NCCCCC(NC(=O)CNC(=O)C(CCC(N)=O)NC(=O)CO)C(=O)NCC(N)=O. The molecule has 0 saturated carbocycles. The van der Waals surface area contributed by atoms with Gasteiger partial charge in [-0.2, -0.15) is 0 Å². The summed E-state index contributed by atoms with van der Waals surface area (Å²) in [5, 5.41) is 18.0. The molecule has 0 saturated heterocycles. The third kappa shape index (κ3) is 13.6. The standard InChI is InChI=1S/C17H31N7O7/c18-6-2-1-3-10(16(30)21-7-13(20)27)23-14(28)8-22-17(31)11(4-5-12(19)26)24-15(29)9-25/h10-11,25H,1-9,18H2,(H2,19,26)(H2,20,27)(H,21,30)(H,22,31)(H,23,28)(H,24,29). The molecule has 0 radical (unpaired) electrons. The van der Waals surface area contributed by atoms with Crippen LogP contribution in [0, 0.1) is 0 Å². The molecule has 11 N–H and O–H groups in total. The molecule has 0 aromatic rings. The van der Waals surface area contributed by atoms with Crippen LogP contribution in [-0.2, 0) is 28.8 Å². The number of rotatable bonds is 16. The number of nitrogens with one attached hydrogen (secondary N) is 4. The molecule has 0 heterocycles. The van der Waals surface area contributed by atoms with Crippen LogP contribution < -0.4 is 38.5 Å². The van der Waals surface area contributed by atoms with Crippen LogP contribution in [0.2, 0.25) is 0 Å². The molecule has 2 atom stereocenters. The van der Waals surface area contributed by atoms with Crippen molar-refractivity contribution >= 4 is 35.4 Å². The number of aliphatic hydroxyl groups excluding tert-OH is 1. The van der Waals surface area contributed by atoms with Gasteiger partial charge in [-0.3, -0.25) is 28.8 Å².